The summed E-state index contributed by atoms with van der Waals surface area (Å²) in [6, 6.07) is 6.59. The van der Waals surface area contributed by atoms with E-state index in [1.54, 1.807) is 7.11 Å². The molecule has 1 amide bonds. The van der Waals surface area contributed by atoms with E-state index in [4.69, 9.17) is 4.74 Å². The van der Waals surface area contributed by atoms with Crippen LogP contribution in [0.5, 0.6) is 0 Å². The maximum atomic E-state index is 12.4. The number of carbonyl (C=O) groups is 1. The van der Waals surface area contributed by atoms with E-state index in [0.717, 1.165) is 57.7 Å². The fourth-order valence-corrected chi connectivity index (χ4v) is 4.79. The molecule has 3 fully saturated rings. The molecule has 1 aliphatic carbocycles. The number of likely N-dealkylation sites (tertiary alicyclic amines) is 2. The third-order valence-corrected chi connectivity index (χ3v) is 6.51. The number of methoxy groups -OCH3 is 1. The first kappa shape index (κ1) is 17.9. The molecule has 0 radical (unpaired) electrons. The van der Waals surface area contributed by atoms with Crippen LogP contribution in [0.1, 0.15) is 44.2 Å². The van der Waals surface area contributed by atoms with Crippen molar-refractivity contribution in [1.29, 1.82) is 0 Å². The first-order valence-electron chi connectivity index (χ1n) is 10.1. The molecule has 1 atom stereocenters. The molecule has 1 spiro atoms. The SMILES string of the molecule is COCC1CC2(CCN(C(=O)CC3CC3)CC2)CN1Cc1ccccn1. The topological polar surface area (TPSA) is 45.7 Å². The minimum Gasteiger partial charge on any atom is -0.383 e. The van der Waals surface area contributed by atoms with Crippen LogP contribution in [0.3, 0.4) is 0 Å². The predicted octanol–water partition coefficient (Wildman–Crippen LogP) is 2.71. The van der Waals surface area contributed by atoms with Crippen LogP contribution in [-0.2, 0) is 16.1 Å². The lowest BCUT2D eigenvalue weighted by molar-refractivity contribution is -0.133. The molecule has 1 aromatic rings. The van der Waals surface area contributed by atoms with Crippen molar-refractivity contribution >= 4 is 5.91 Å². The second-order valence-corrected chi connectivity index (χ2v) is 8.57. The van der Waals surface area contributed by atoms with Crippen LogP contribution < -0.4 is 0 Å². The summed E-state index contributed by atoms with van der Waals surface area (Å²) in [5.41, 5.74) is 1.47. The van der Waals surface area contributed by atoms with Gasteiger partial charge in [0.25, 0.3) is 0 Å². The van der Waals surface area contributed by atoms with E-state index in [9.17, 15) is 4.79 Å². The van der Waals surface area contributed by atoms with Gasteiger partial charge in [0.1, 0.15) is 0 Å². The highest BCUT2D eigenvalue weighted by atomic mass is 16.5. The lowest BCUT2D eigenvalue weighted by atomic mass is 9.76. The molecule has 142 valence electrons. The van der Waals surface area contributed by atoms with Gasteiger partial charge in [0, 0.05) is 51.9 Å². The number of carbonyl (C=O) groups excluding carboxylic acids is 1. The number of piperidine rings is 1. The summed E-state index contributed by atoms with van der Waals surface area (Å²) in [7, 11) is 1.79. The number of hydrogen-bond donors (Lipinski definition) is 0. The summed E-state index contributed by atoms with van der Waals surface area (Å²) in [5, 5.41) is 0. The Morgan fingerprint density at radius 3 is 2.77 bits per heavy atom. The minimum atomic E-state index is 0.342. The van der Waals surface area contributed by atoms with Crippen molar-refractivity contribution in [3.63, 3.8) is 0 Å². The number of ether oxygens (including phenoxy) is 1. The molecule has 0 N–H and O–H groups in total. The Kier molecular flexibility index (Phi) is 5.28. The van der Waals surface area contributed by atoms with Crippen molar-refractivity contribution in [2.24, 2.45) is 11.3 Å². The number of pyridine rings is 1. The predicted molar refractivity (Wildman–Crippen MR) is 101 cm³/mol. The van der Waals surface area contributed by atoms with Crippen LogP contribution in [0.25, 0.3) is 0 Å². The molecule has 1 aromatic heterocycles. The number of nitrogens with zero attached hydrogens (tertiary/aromatic N) is 3. The Balaban J connectivity index is 1.37. The highest BCUT2D eigenvalue weighted by molar-refractivity contribution is 5.76. The Morgan fingerprint density at radius 2 is 2.12 bits per heavy atom. The summed E-state index contributed by atoms with van der Waals surface area (Å²) in [6.07, 6.45) is 8.60. The van der Waals surface area contributed by atoms with Crippen molar-refractivity contribution in [2.45, 2.75) is 51.1 Å². The first-order chi connectivity index (χ1) is 12.7. The number of hydrogen-bond acceptors (Lipinski definition) is 4. The Labute approximate surface area is 156 Å². The van der Waals surface area contributed by atoms with Gasteiger partial charge >= 0.3 is 0 Å². The quantitative estimate of drug-likeness (QED) is 0.785. The second-order valence-electron chi connectivity index (χ2n) is 8.57. The lowest BCUT2D eigenvalue weighted by Crippen LogP contribution is -2.44. The average molecular weight is 357 g/mol. The van der Waals surface area contributed by atoms with Gasteiger partial charge in [0.05, 0.1) is 12.3 Å². The zero-order valence-corrected chi connectivity index (χ0v) is 15.9. The summed E-state index contributed by atoms with van der Waals surface area (Å²) < 4.78 is 5.51. The van der Waals surface area contributed by atoms with Crippen LogP contribution in [0.2, 0.25) is 0 Å². The molecule has 26 heavy (non-hydrogen) atoms. The molecule has 4 rings (SSSR count). The number of amides is 1. The van der Waals surface area contributed by atoms with Crippen LogP contribution in [0.15, 0.2) is 24.4 Å². The van der Waals surface area contributed by atoms with E-state index in [2.05, 4.69) is 26.9 Å². The number of rotatable bonds is 6. The Morgan fingerprint density at radius 1 is 1.31 bits per heavy atom. The van der Waals surface area contributed by atoms with E-state index < -0.39 is 0 Å². The van der Waals surface area contributed by atoms with Gasteiger partial charge in [-0.05, 0) is 55.6 Å². The highest BCUT2D eigenvalue weighted by Crippen LogP contribution is 2.44. The van der Waals surface area contributed by atoms with E-state index in [0.29, 0.717) is 23.3 Å². The van der Waals surface area contributed by atoms with Crippen molar-refractivity contribution in [2.75, 3.05) is 33.4 Å². The van der Waals surface area contributed by atoms with Gasteiger partial charge in [-0.1, -0.05) is 6.07 Å². The smallest absolute Gasteiger partial charge is 0.222 e. The van der Waals surface area contributed by atoms with Crippen LogP contribution in [0, 0.1) is 11.3 Å². The van der Waals surface area contributed by atoms with Gasteiger partial charge in [0.2, 0.25) is 5.91 Å². The average Bonchev–Trinajstić information content (AvgIpc) is 3.40. The molecule has 5 heteroatoms. The van der Waals surface area contributed by atoms with Crippen LogP contribution >= 0.6 is 0 Å². The maximum absolute atomic E-state index is 12.4. The van der Waals surface area contributed by atoms with Gasteiger partial charge in [-0.2, -0.15) is 0 Å². The third kappa shape index (κ3) is 4.09. The molecule has 1 saturated carbocycles. The zero-order valence-electron chi connectivity index (χ0n) is 15.9. The largest absolute Gasteiger partial charge is 0.383 e. The van der Waals surface area contributed by atoms with Crippen LogP contribution in [0.4, 0.5) is 0 Å². The molecular weight excluding hydrogens is 326 g/mol. The highest BCUT2D eigenvalue weighted by Gasteiger charge is 2.46. The van der Waals surface area contributed by atoms with Gasteiger partial charge < -0.3 is 9.64 Å². The zero-order chi connectivity index (χ0) is 18.0. The van der Waals surface area contributed by atoms with Crippen molar-refractivity contribution in [1.82, 2.24) is 14.8 Å². The fraction of sp³-hybridized carbons (Fsp3) is 0.714. The molecule has 2 saturated heterocycles. The van der Waals surface area contributed by atoms with Crippen molar-refractivity contribution in [3.8, 4) is 0 Å². The minimum absolute atomic E-state index is 0.342. The summed E-state index contributed by atoms with van der Waals surface area (Å²) >= 11 is 0. The third-order valence-electron chi connectivity index (χ3n) is 6.51. The molecule has 3 aliphatic rings. The van der Waals surface area contributed by atoms with Gasteiger partial charge in [-0.15, -0.1) is 0 Å². The summed E-state index contributed by atoms with van der Waals surface area (Å²) in [4.78, 5) is 21.6. The van der Waals surface area contributed by atoms with Crippen LogP contribution in [-0.4, -0.2) is 60.1 Å². The summed E-state index contributed by atoms with van der Waals surface area (Å²) in [6.45, 7) is 4.63. The van der Waals surface area contributed by atoms with Gasteiger partial charge in [-0.25, -0.2) is 0 Å². The molecule has 0 bridgehead atoms. The van der Waals surface area contributed by atoms with E-state index in [1.807, 2.05) is 12.3 Å². The molecule has 1 unspecified atom stereocenters. The molecule has 5 nitrogen and oxygen atoms in total. The fourth-order valence-electron chi connectivity index (χ4n) is 4.79. The Hall–Kier alpha value is -1.46. The van der Waals surface area contributed by atoms with E-state index in [-0.39, 0.29) is 0 Å². The van der Waals surface area contributed by atoms with Crippen molar-refractivity contribution < 1.29 is 9.53 Å². The van der Waals surface area contributed by atoms with E-state index in [1.165, 1.54) is 19.3 Å². The maximum Gasteiger partial charge on any atom is 0.222 e. The van der Waals surface area contributed by atoms with Crippen molar-refractivity contribution in [3.05, 3.63) is 30.1 Å². The standard InChI is InChI=1S/C21H31N3O2/c1-26-15-19-13-21(16-24(19)14-18-4-2-3-9-22-18)7-10-23(11-8-21)20(25)12-17-5-6-17/h2-4,9,17,19H,5-8,10-16H2,1H3. The van der Waals surface area contributed by atoms with E-state index >= 15 is 0 Å². The number of aromatic nitrogens is 1. The normalized spacial score (nSPS) is 25.7. The van der Waals surface area contributed by atoms with Gasteiger partial charge in [-0.3, -0.25) is 14.7 Å². The molecule has 0 aromatic carbocycles. The Bertz CT molecular complexity index is 609. The molecule has 2 aliphatic heterocycles. The first-order valence-corrected chi connectivity index (χ1v) is 10.1. The second kappa shape index (κ2) is 7.65. The lowest BCUT2D eigenvalue weighted by Gasteiger charge is -2.39. The molecular formula is C21H31N3O2. The van der Waals surface area contributed by atoms with Gasteiger partial charge in [0.15, 0.2) is 0 Å². The summed E-state index contributed by atoms with van der Waals surface area (Å²) in [5.74, 6) is 1.07. The molecule has 3 heterocycles. The monoisotopic (exact) mass is 357 g/mol.